The Morgan fingerprint density at radius 2 is 1.72 bits per heavy atom. The van der Waals surface area contributed by atoms with Crippen LogP contribution in [0.4, 0.5) is 0 Å². The first kappa shape index (κ1) is 20.3. The highest BCUT2D eigenvalue weighted by Crippen LogP contribution is 2.42. The van der Waals surface area contributed by atoms with Crippen LogP contribution in [0, 0.1) is 5.41 Å². The van der Waals surface area contributed by atoms with Gasteiger partial charge in [-0.1, -0.05) is 54.6 Å². The molecule has 0 fully saturated rings. The Bertz CT molecular complexity index is 1260. The first-order valence-electron chi connectivity index (χ1n) is 10.5. The fourth-order valence-electron chi connectivity index (χ4n) is 4.12. The number of rotatable bonds is 6. The number of ether oxygens (including phenoxy) is 1. The van der Waals surface area contributed by atoms with Crippen LogP contribution in [0.2, 0.25) is 0 Å². The molecule has 2 heterocycles. The second-order valence-electron chi connectivity index (χ2n) is 7.70. The van der Waals surface area contributed by atoms with Crippen molar-refractivity contribution in [3.8, 4) is 5.75 Å². The standard InChI is InChI=1S/C26H23N3O2S/c1-31-19-13-11-17(12-14-19)15-16-29-23(18-7-3-2-4-8-18)24(30)22(25(29)27)26-28-20-9-5-6-10-21(20)32-26/h2-14,23,27,30H,15-16H2,1H3/t23-/m0/s1. The van der Waals surface area contributed by atoms with Crippen molar-refractivity contribution in [2.45, 2.75) is 12.5 Å². The maximum Gasteiger partial charge on any atom is 0.135 e. The van der Waals surface area contributed by atoms with Crippen LogP contribution in [0.1, 0.15) is 22.2 Å². The third-order valence-corrected chi connectivity index (χ3v) is 6.83. The van der Waals surface area contributed by atoms with Crippen LogP contribution in [0.3, 0.4) is 0 Å². The van der Waals surface area contributed by atoms with Gasteiger partial charge in [0.05, 0.1) is 22.9 Å². The number of benzene rings is 3. The molecular formula is C26H23N3O2S. The molecule has 0 saturated carbocycles. The molecule has 1 atom stereocenters. The highest BCUT2D eigenvalue weighted by Gasteiger charge is 2.39. The van der Waals surface area contributed by atoms with Crippen molar-refractivity contribution in [1.82, 2.24) is 9.88 Å². The number of thiazole rings is 1. The Labute approximate surface area is 190 Å². The number of nitrogens with zero attached hydrogens (tertiary/aromatic N) is 2. The predicted molar refractivity (Wildman–Crippen MR) is 129 cm³/mol. The van der Waals surface area contributed by atoms with E-state index in [1.54, 1.807) is 7.11 Å². The van der Waals surface area contributed by atoms with Gasteiger partial charge in [-0.25, -0.2) is 4.98 Å². The fraction of sp³-hybridized carbons (Fsp3) is 0.154. The summed E-state index contributed by atoms with van der Waals surface area (Å²) in [5.41, 5.74) is 3.52. The average Bonchev–Trinajstić information content (AvgIpc) is 3.36. The summed E-state index contributed by atoms with van der Waals surface area (Å²) in [6, 6.07) is 25.4. The van der Waals surface area contributed by atoms with Gasteiger partial charge in [0, 0.05) is 6.54 Å². The number of fused-ring (bicyclic) bond motifs is 1. The third-order valence-electron chi connectivity index (χ3n) is 5.77. The Morgan fingerprint density at radius 3 is 2.44 bits per heavy atom. The highest BCUT2D eigenvalue weighted by molar-refractivity contribution is 7.19. The average molecular weight is 442 g/mol. The number of hydrogen-bond donors (Lipinski definition) is 2. The van der Waals surface area contributed by atoms with Crippen LogP contribution >= 0.6 is 11.3 Å². The molecule has 0 unspecified atom stereocenters. The maximum absolute atomic E-state index is 11.3. The molecule has 5 rings (SSSR count). The minimum absolute atomic E-state index is 0.190. The largest absolute Gasteiger partial charge is 0.509 e. The van der Waals surface area contributed by atoms with Gasteiger partial charge in [-0.05, 0) is 41.8 Å². The summed E-state index contributed by atoms with van der Waals surface area (Å²) in [6.07, 6.45) is 0.746. The summed E-state index contributed by atoms with van der Waals surface area (Å²) in [6.45, 7) is 0.600. The molecule has 32 heavy (non-hydrogen) atoms. The summed E-state index contributed by atoms with van der Waals surface area (Å²) < 4.78 is 6.30. The van der Waals surface area contributed by atoms with Gasteiger partial charge in [0.2, 0.25) is 0 Å². The molecule has 2 N–H and O–H groups in total. The van der Waals surface area contributed by atoms with Crippen molar-refractivity contribution in [2.75, 3.05) is 13.7 Å². The van der Waals surface area contributed by atoms with Gasteiger partial charge in [0.25, 0.3) is 0 Å². The first-order chi connectivity index (χ1) is 15.7. The van der Waals surface area contributed by atoms with E-state index < -0.39 is 6.04 Å². The molecule has 0 spiro atoms. The third kappa shape index (κ3) is 3.63. The van der Waals surface area contributed by atoms with Crippen molar-refractivity contribution < 1.29 is 9.84 Å². The molecular weight excluding hydrogens is 418 g/mol. The first-order valence-corrected chi connectivity index (χ1v) is 11.3. The summed E-state index contributed by atoms with van der Waals surface area (Å²) in [7, 11) is 1.66. The number of methoxy groups -OCH3 is 1. The van der Waals surface area contributed by atoms with Crippen molar-refractivity contribution in [3.63, 3.8) is 0 Å². The van der Waals surface area contributed by atoms with Crippen LogP contribution in [0.25, 0.3) is 15.8 Å². The lowest BCUT2D eigenvalue weighted by atomic mass is 10.0. The fourth-order valence-corrected chi connectivity index (χ4v) is 5.14. The van der Waals surface area contributed by atoms with Crippen LogP contribution in [0.5, 0.6) is 5.75 Å². The number of nitrogens with one attached hydrogen (secondary N) is 1. The summed E-state index contributed by atoms with van der Waals surface area (Å²) >= 11 is 1.51. The Hall–Kier alpha value is -3.64. The molecule has 4 aromatic rings. The van der Waals surface area contributed by atoms with Crippen LogP contribution < -0.4 is 4.74 Å². The number of hydrogen-bond acceptors (Lipinski definition) is 5. The van der Waals surface area contributed by atoms with Crippen molar-refractivity contribution in [1.29, 1.82) is 5.41 Å². The Morgan fingerprint density at radius 1 is 1.00 bits per heavy atom. The van der Waals surface area contributed by atoms with Gasteiger partial charge in [-0.15, -0.1) is 11.3 Å². The molecule has 0 saturated heterocycles. The van der Waals surface area contributed by atoms with E-state index in [1.807, 2.05) is 83.8 Å². The van der Waals surface area contributed by atoms with E-state index in [1.165, 1.54) is 11.3 Å². The lowest BCUT2D eigenvalue weighted by Gasteiger charge is -2.27. The van der Waals surface area contributed by atoms with Gasteiger partial charge in [0.15, 0.2) is 0 Å². The molecule has 1 aromatic heterocycles. The Kier molecular flexibility index (Phi) is 5.37. The minimum Gasteiger partial charge on any atom is -0.509 e. The zero-order valence-electron chi connectivity index (χ0n) is 17.7. The minimum atomic E-state index is -0.399. The second kappa shape index (κ2) is 8.48. The van der Waals surface area contributed by atoms with Crippen molar-refractivity contribution in [2.24, 2.45) is 0 Å². The number of amidine groups is 1. The number of aliphatic hydroxyl groups is 1. The quantitative estimate of drug-likeness (QED) is 0.394. The van der Waals surface area contributed by atoms with Gasteiger partial charge in [-0.3, -0.25) is 5.41 Å². The lowest BCUT2D eigenvalue weighted by molar-refractivity contribution is 0.276. The number of aliphatic hydroxyl groups excluding tert-OH is 1. The zero-order chi connectivity index (χ0) is 22.1. The van der Waals surface area contributed by atoms with Gasteiger partial charge in [-0.2, -0.15) is 0 Å². The van der Waals surface area contributed by atoms with Crippen LogP contribution in [-0.4, -0.2) is 34.5 Å². The molecule has 1 aliphatic rings. The lowest BCUT2D eigenvalue weighted by Crippen LogP contribution is -2.31. The van der Waals surface area contributed by atoms with Crippen molar-refractivity contribution in [3.05, 3.63) is 101 Å². The van der Waals surface area contributed by atoms with E-state index in [0.29, 0.717) is 23.0 Å². The van der Waals surface area contributed by atoms with Gasteiger partial charge in [0.1, 0.15) is 28.4 Å². The molecule has 6 heteroatoms. The molecule has 0 radical (unpaired) electrons. The molecule has 3 aromatic carbocycles. The molecule has 1 aliphatic heterocycles. The molecule has 0 aliphatic carbocycles. The van der Waals surface area contributed by atoms with E-state index in [4.69, 9.17) is 15.1 Å². The summed E-state index contributed by atoms with van der Waals surface area (Å²) in [4.78, 5) is 6.68. The van der Waals surface area contributed by atoms with E-state index >= 15 is 0 Å². The monoisotopic (exact) mass is 441 g/mol. The van der Waals surface area contributed by atoms with Crippen molar-refractivity contribution >= 4 is 33.0 Å². The normalized spacial score (nSPS) is 16.2. The summed E-state index contributed by atoms with van der Waals surface area (Å²) in [5.74, 6) is 1.32. The van der Waals surface area contributed by atoms with E-state index in [-0.39, 0.29) is 5.76 Å². The number of para-hydroxylation sites is 1. The zero-order valence-corrected chi connectivity index (χ0v) is 18.5. The van der Waals surface area contributed by atoms with E-state index in [9.17, 15) is 5.11 Å². The highest BCUT2D eigenvalue weighted by atomic mass is 32.1. The van der Waals surface area contributed by atoms with Gasteiger partial charge < -0.3 is 14.7 Å². The molecule has 5 nitrogen and oxygen atoms in total. The Balaban J connectivity index is 1.50. The predicted octanol–water partition coefficient (Wildman–Crippen LogP) is 5.85. The molecule has 160 valence electrons. The van der Waals surface area contributed by atoms with E-state index in [2.05, 4.69) is 0 Å². The topological polar surface area (TPSA) is 69.4 Å². The van der Waals surface area contributed by atoms with Crippen LogP contribution in [0.15, 0.2) is 84.6 Å². The van der Waals surface area contributed by atoms with Crippen LogP contribution in [-0.2, 0) is 6.42 Å². The number of aromatic nitrogens is 1. The van der Waals surface area contributed by atoms with E-state index in [0.717, 1.165) is 33.5 Å². The maximum atomic E-state index is 11.3. The summed E-state index contributed by atoms with van der Waals surface area (Å²) in [5, 5.41) is 21.0. The van der Waals surface area contributed by atoms with Gasteiger partial charge >= 0.3 is 0 Å². The molecule has 0 bridgehead atoms. The smallest absolute Gasteiger partial charge is 0.135 e. The second-order valence-corrected chi connectivity index (χ2v) is 8.73. The SMILES string of the molecule is COc1ccc(CCN2C(=N)C(c3nc4ccccc4s3)=C(O)[C@@H]2c2ccccc2)cc1. The molecule has 0 amide bonds.